The number of ether oxygens (including phenoxy) is 1. The van der Waals surface area contributed by atoms with Crippen molar-refractivity contribution in [3.05, 3.63) is 60.2 Å². The first kappa shape index (κ1) is 18.0. The number of carbonyl (C=O) groups excluding carboxylic acids is 1. The summed E-state index contributed by atoms with van der Waals surface area (Å²) < 4.78 is 6.66. The molecule has 0 saturated carbocycles. The zero-order valence-electron chi connectivity index (χ0n) is 14.1. The molecule has 0 bridgehead atoms. The highest BCUT2D eigenvalue weighted by Gasteiger charge is 2.10. The van der Waals surface area contributed by atoms with E-state index in [1.807, 2.05) is 24.3 Å². The number of carbonyl (C=O) groups is 1. The largest absolute Gasteiger partial charge is 0.445 e. The molecule has 3 aromatic carbocycles. The predicted octanol–water partition coefficient (Wildman–Crippen LogP) is 5.82. The number of fused-ring (bicyclic) bond motifs is 2. The summed E-state index contributed by atoms with van der Waals surface area (Å²) in [5, 5.41) is 7.45. The third-order valence-electron chi connectivity index (χ3n) is 4.31. The molecule has 1 amide bonds. The molecular weight excluding hydrogens is 425 g/mol. The van der Waals surface area contributed by atoms with Crippen LogP contribution in [-0.2, 0) is 11.3 Å². The van der Waals surface area contributed by atoms with Crippen LogP contribution in [0.15, 0.2) is 54.6 Å². The second-order valence-electron chi connectivity index (χ2n) is 6.05. The Labute approximate surface area is 161 Å². The average Bonchev–Trinajstić information content (AvgIpc) is 2.65. The Hall–Kier alpha value is -1.82. The molecule has 0 saturated heterocycles. The number of benzene rings is 3. The lowest BCUT2D eigenvalue weighted by molar-refractivity contribution is 0.140. The number of hydrogen-bond donors (Lipinski definition) is 1. The van der Waals surface area contributed by atoms with Gasteiger partial charge in [0.15, 0.2) is 0 Å². The minimum atomic E-state index is -0.341. The summed E-state index contributed by atoms with van der Waals surface area (Å²) in [5.74, 6) is 0. The zero-order chi connectivity index (χ0) is 17.5. The first-order valence-corrected chi connectivity index (χ1v) is 10.2. The zero-order valence-corrected chi connectivity index (χ0v) is 16.3. The fraction of sp³-hybridized carbons (Fsp3) is 0.286. The van der Waals surface area contributed by atoms with Crippen molar-refractivity contribution in [2.24, 2.45) is 0 Å². The van der Waals surface area contributed by atoms with Gasteiger partial charge in [0.05, 0.1) is 0 Å². The number of halogens is 1. The van der Waals surface area contributed by atoms with Crippen molar-refractivity contribution in [1.29, 1.82) is 0 Å². The summed E-state index contributed by atoms with van der Waals surface area (Å²) in [6.07, 6.45) is 2.98. The van der Waals surface area contributed by atoms with Crippen LogP contribution in [0.25, 0.3) is 21.5 Å². The Morgan fingerprint density at radius 2 is 1.56 bits per heavy atom. The predicted molar refractivity (Wildman–Crippen MR) is 112 cm³/mol. The third kappa shape index (κ3) is 4.63. The second kappa shape index (κ2) is 9.04. The number of unbranched alkanes of at least 4 members (excludes halogenated alkanes) is 2. The SMILES string of the molecule is O=C(NCCCCCI)OCc1c2ccccc2cc2ccccc12. The molecule has 0 radical (unpaired) electrons. The monoisotopic (exact) mass is 447 g/mol. The van der Waals surface area contributed by atoms with E-state index in [9.17, 15) is 4.79 Å². The van der Waals surface area contributed by atoms with E-state index in [1.54, 1.807) is 0 Å². The average molecular weight is 447 g/mol. The van der Waals surface area contributed by atoms with E-state index in [0.717, 1.165) is 33.6 Å². The van der Waals surface area contributed by atoms with Crippen LogP contribution in [0.4, 0.5) is 4.79 Å². The molecule has 1 N–H and O–H groups in total. The van der Waals surface area contributed by atoms with Gasteiger partial charge < -0.3 is 10.1 Å². The van der Waals surface area contributed by atoms with Crippen LogP contribution < -0.4 is 5.32 Å². The van der Waals surface area contributed by atoms with E-state index >= 15 is 0 Å². The van der Waals surface area contributed by atoms with Gasteiger partial charge in [-0.05, 0) is 44.9 Å². The van der Waals surface area contributed by atoms with E-state index in [0.29, 0.717) is 6.54 Å². The van der Waals surface area contributed by atoms with Gasteiger partial charge in [-0.1, -0.05) is 77.5 Å². The minimum Gasteiger partial charge on any atom is -0.445 e. The Morgan fingerprint density at radius 1 is 0.920 bits per heavy atom. The lowest BCUT2D eigenvalue weighted by Gasteiger charge is -2.12. The highest BCUT2D eigenvalue weighted by molar-refractivity contribution is 14.1. The number of alkyl carbamates (subject to hydrolysis) is 1. The van der Waals surface area contributed by atoms with Crippen molar-refractivity contribution in [1.82, 2.24) is 5.32 Å². The van der Waals surface area contributed by atoms with E-state index in [1.165, 1.54) is 17.2 Å². The van der Waals surface area contributed by atoms with E-state index in [-0.39, 0.29) is 12.7 Å². The molecular formula is C21H22INO2. The van der Waals surface area contributed by atoms with Crippen LogP contribution in [-0.4, -0.2) is 17.1 Å². The second-order valence-corrected chi connectivity index (χ2v) is 7.13. The molecule has 0 aromatic heterocycles. The Morgan fingerprint density at radius 3 is 2.20 bits per heavy atom. The standard InChI is InChI=1S/C21H22INO2/c22-12-6-1-7-13-23-21(24)25-15-20-18-10-4-2-8-16(18)14-17-9-3-5-11-19(17)20/h2-5,8-11,14H,1,6-7,12-13,15H2,(H,23,24). The van der Waals surface area contributed by atoms with Gasteiger partial charge in [0, 0.05) is 12.1 Å². The quantitative estimate of drug-likeness (QED) is 0.214. The summed E-state index contributed by atoms with van der Waals surface area (Å²) in [6, 6.07) is 18.7. The van der Waals surface area contributed by atoms with Crippen LogP contribution in [0.1, 0.15) is 24.8 Å². The van der Waals surface area contributed by atoms with Crippen LogP contribution in [0, 0.1) is 0 Å². The van der Waals surface area contributed by atoms with Crippen LogP contribution in [0.2, 0.25) is 0 Å². The van der Waals surface area contributed by atoms with Crippen molar-refractivity contribution < 1.29 is 9.53 Å². The lowest BCUT2D eigenvalue weighted by Crippen LogP contribution is -2.25. The lowest BCUT2D eigenvalue weighted by atomic mass is 9.97. The molecule has 3 nitrogen and oxygen atoms in total. The summed E-state index contributed by atoms with van der Waals surface area (Å²) in [7, 11) is 0. The molecule has 3 aromatic rings. The Kier molecular flexibility index (Phi) is 6.50. The first-order valence-electron chi connectivity index (χ1n) is 8.65. The topological polar surface area (TPSA) is 38.3 Å². The smallest absolute Gasteiger partial charge is 0.407 e. The van der Waals surface area contributed by atoms with Crippen molar-refractivity contribution in [2.75, 3.05) is 11.0 Å². The van der Waals surface area contributed by atoms with Crippen molar-refractivity contribution in [2.45, 2.75) is 25.9 Å². The molecule has 3 rings (SSSR count). The molecule has 0 spiro atoms. The number of rotatable bonds is 7. The van der Waals surface area contributed by atoms with E-state index < -0.39 is 0 Å². The summed E-state index contributed by atoms with van der Waals surface area (Å²) in [6.45, 7) is 0.952. The van der Waals surface area contributed by atoms with Crippen LogP contribution in [0.3, 0.4) is 0 Å². The van der Waals surface area contributed by atoms with Crippen LogP contribution >= 0.6 is 22.6 Å². The molecule has 0 aliphatic heterocycles. The molecule has 0 aliphatic rings. The van der Waals surface area contributed by atoms with Gasteiger partial charge in [0.1, 0.15) is 6.61 Å². The Bertz CT molecular complexity index is 809. The normalized spacial score (nSPS) is 10.9. The number of amides is 1. The van der Waals surface area contributed by atoms with Gasteiger partial charge in [0.2, 0.25) is 0 Å². The fourth-order valence-corrected chi connectivity index (χ4v) is 3.58. The maximum Gasteiger partial charge on any atom is 0.407 e. The summed E-state index contributed by atoms with van der Waals surface area (Å²) in [4.78, 5) is 12.0. The van der Waals surface area contributed by atoms with E-state index in [2.05, 4.69) is 58.2 Å². The maximum atomic E-state index is 12.0. The van der Waals surface area contributed by atoms with Crippen molar-refractivity contribution in [3.8, 4) is 0 Å². The molecule has 0 heterocycles. The highest BCUT2D eigenvalue weighted by Crippen LogP contribution is 2.29. The van der Waals surface area contributed by atoms with Crippen LogP contribution in [0.5, 0.6) is 0 Å². The number of nitrogens with one attached hydrogen (secondary N) is 1. The molecule has 0 fully saturated rings. The van der Waals surface area contributed by atoms with E-state index in [4.69, 9.17) is 4.74 Å². The van der Waals surface area contributed by atoms with Gasteiger partial charge in [-0.15, -0.1) is 0 Å². The molecule has 4 heteroatoms. The van der Waals surface area contributed by atoms with Gasteiger partial charge in [0.25, 0.3) is 0 Å². The molecule has 0 atom stereocenters. The van der Waals surface area contributed by atoms with Crippen molar-refractivity contribution >= 4 is 50.2 Å². The van der Waals surface area contributed by atoms with Crippen molar-refractivity contribution in [3.63, 3.8) is 0 Å². The fourth-order valence-electron chi connectivity index (χ4n) is 3.04. The Balaban J connectivity index is 1.72. The summed E-state index contributed by atoms with van der Waals surface area (Å²) in [5.41, 5.74) is 1.06. The summed E-state index contributed by atoms with van der Waals surface area (Å²) >= 11 is 2.37. The highest BCUT2D eigenvalue weighted by atomic mass is 127. The van der Waals surface area contributed by atoms with Gasteiger partial charge in [-0.25, -0.2) is 4.79 Å². The minimum absolute atomic E-state index is 0.279. The number of hydrogen-bond acceptors (Lipinski definition) is 2. The number of alkyl halides is 1. The molecule has 130 valence electrons. The molecule has 0 aliphatic carbocycles. The van der Waals surface area contributed by atoms with Gasteiger partial charge in [-0.3, -0.25) is 0 Å². The van der Waals surface area contributed by atoms with Gasteiger partial charge in [-0.2, -0.15) is 0 Å². The maximum absolute atomic E-state index is 12.0. The third-order valence-corrected chi connectivity index (χ3v) is 5.07. The molecule has 0 unspecified atom stereocenters. The van der Waals surface area contributed by atoms with Gasteiger partial charge >= 0.3 is 6.09 Å². The first-order chi connectivity index (χ1) is 12.3. The molecule has 25 heavy (non-hydrogen) atoms.